The van der Waals surface area contributed by atoms with Crippen LogP contribution in [-0.4, -0.2) is 50.4 Å². The lowest BCUT2D eigenvalue weighted by atomic mass is 9.97. The zero-order valence-corrected chi connectivity index (χ0v) is 17.1. The number of amides is 1. The van der Waals surface area contributed by atoms with Crippen LogP contribution in [0.15, 0.2) is 59.5 Å². The first-order valence-electron chi connectivity index (χ1n) is 9.55. The minimum absolute atomic E-state index is 0.0427. The molecule has 1 N–H and O–H groups in total. The normalized spacial score (nSPS) is 15.0. The summed E-state index contributed by atoms with van der Waals surface area (Å²) < 4.78 is 32.9. The van der Waals surface area contributed by atoms with Crippen molar-refractivity contribution in [3.05, 3.63) is 64.7 Å². The molecule has 0 unspecified atom stereocenters. The van der Waals surface area contributed by atoms with E-state index in [1.165, 1.54) is 18.2 Å². The second-order valence-electron chi connectivity index (χ2n) is 7.00. The van der Waals surface area contributed by atoms with Gasteiger partial charge in [0.1, 0.15) is 5.75 Å². The Balaban J connectivity index is 1.48. The molecule has 1 aliphatic heterocycles. The van der Waals surface area contributed by atoms with Crippen molar-refractivity contribution in [2.24, 2.45) is 5.92 Å². The third kappa shape index (κ3) is 5.55. The van der Waals surface area contributed by atoms with E-state index in [9.17, 15) is 23.3 Å². The Morgan fingerprint density at radius 1 is 1.10 bits per heavy atom. The number of hydrogen-bond donors (Lipinski definition) is 1. The highest BCUT2D eigenvalue weighted by Crippen LogP contribution is 2.24. The van der Waals surface area contributed by atoms with Gasteiger partial charge in [0.05, 0.1) is 4.92 Å². The fraction of sp³-hybridized carbons (Fsp3) is 0.350. The number of benzene rings is 2. The van der Waals surface area contributed by atoms with Crippen LogP contribution >= 0.6 is 0 Å². The highest BCUT2D eigenvalue weighted by molar-refractivity contribution is 7.89. The molecule has 0 radical (unpaired) electrons. The average Bonchev–Trinajstić information content (AvgIpc) is 2.77. The average molecular weight is 433 g/mol. The van der Waals surface area contributed by atoms with Crippen molar-refractivity contribution < 1.29 is 22.9 Å². The van der Waals surface area contributed by atoms with Gasteiger partial charge in [0, 0.05) is 25.7 Å². The maximum absolute atomic E-state index is 12.5. The van der Waals surface area contributed by atoms with Crippen LogP contribution in [0, 0.1) is 16.0 Å². The molecule has 0 aromatic heterocycles. The molecule has 2 aromatic carbocycles. The summed E-state index contributed by atoms with van der Waals surface area (Å²) in [6.45, 7) is 1.14. The summed E-state index contributed by atoms with van der Waals surface area (Å²) in [5, 5.41) is 11.1. The van der Waals surface area contributed by atoms with Gasteiger partial charge < -0.3 is 9.64 Å². The van der Waals surface area contributed by atoms with E-state index in [4.69, 9.17) is 4.74 Å². The van der Waals surface area contributed by atoms with E-state index in [0.717, 1.165) is 6.07 Å². The van der Waals surface area contributed by atoms with Gasteiger partial charge in [-0.15, -0.1) is 0 Å². The van der Waals surface area contributed by atoms with Gasteiger partial charge in [0.25, 0.3) is 11.6 Å². The van der Waals surface area contributed by atoms with E-state index < -0.39 is 20.6 Å². The van der Waals surface area contributed by atoms with Gasteiger partial charge in [0.15, 0.2) is 11.5 Å². The first kappa shape index (κ1) is 21.7. The Morgan fingerprint density at radius 3 is 2.40 bits per heavy atom. The lowest BCUT2D eigenvalue weighted by Gasteiger charge is -2.32. The van der Waals surface area contributed by atoms with Crippen LogP contribution in [-0.2, 0) is 14.8 Å². The van der Waals surface area contributed by atoms with Gasteiger partial charge in [-0.3, -0.25) is 14.9 Å². The van der Waals surface area contributed by atoms with Crippen LogP contribution in [0.1, 0.15) is 12.8 Å². The first-order valence-corrected chi connectivity index (χ1v) is 11.0. The van der Waals surface area contributed by atoms with E-state index >= 15 is 0 Å². The number of nitro groups is 1. The van der Waals surface area contributed by atoms with Crippen molar-refractivity contribution in [1.29, 1.82) is 0 Å². The van der Waals surface area contributed by atoms with Gasteiger partial charge in [-0.1, -0.05) is 30.3 Å². The maximum Gasteiger partial charge on any atom is 0.289 e. The number of rotatable bonds is 8. The Labute approximate surface area is 174 Å². The predicted molar refractivity (Wildman–Crippen MR) is 110 cm³/mol. The monoisotopic (exact) mass is 433 g/mol. The van der Waals surface area contributed by atoms with Gasteiger partial charge >= 0.3 is 0 Å². The number of likely N-dealkylation sites (tertiary alicyclic amines) is 1. The molecule has 160 valence electrons. The molecule has 3 rings (SSSR count). The number of hydrogen-bond acceptors (Lipinski definition) is 6. The number of sulfonamides is 1. The minimum Gasteiger partial charge on any atom is -0.484 e. The maximum atomic E-state index is 12.5. The lowest BCUT2D eigenvalue weighted by Crippen LogP contribution is -2.43. The number of carbonyl (C=O) groups excluding carboxylic acids is 1. The molecule has 0 saturated carbocycles. The zero-order valence-electron chi connectivity index (χ0n) is 16.3. The van der Waals surface area contributed by atoms with Gasteiger partial charge in [-0.2, -0.15) is 0 Å². The molecule has 1 fully saturated rings. The van der Waals surface area contributed by atoms with Crippen LogP contribution in [0.25, 0.3) is 0 Å². The number of nitrogens with one attached hydrogen (secondary N) is 1. The van der Waals surface area contributed by atoms with Crippen LogP contribution in [0.4, 0.5) is 5.69 Å². The number of ether oxygens (including phenoxy) is 1. The molecule has 0 spiro atoms. The molecule has 0 aliphatic carbocycles. The molecule has 10 heteroatoms. The molecular weight excluding hydrogens is 410 g/mol. The molecule has 30 heavy (non-hydrogen) atoms. The van der Waals surface area contributed by atoms with Crippen molar-refractivity contribution >= 4 is 21.6 Å². The molecular formula is C20H23N3O6S. The summed E-state index contributed by atoms with van der Waals surface area (Å²) >= 11 is 0. The summed E-state index contributed by atoms with van der Waals surface area (Å²) in [4.78, 5) is 24.0. The molecule has 1 saturated heterocycles. The number of nitro benzene ring substituents is 1. The Kier molecular flexibility index (Phi) is 7.01. The third-order valence-electron chi connectivity index (χ3n) is 4.99. The Morgan fingerprint density at radius 2 is 1.73 bits per heavy atom. The van der Waals surface area contributed by atoms with E-state index in [1.54, 1.807) is 17.0 Å². The van der Waals surface area contributed by atoms with Crippen molar-refractivity contribution in [3.63, 3.8) is 0 Å². The highest BCUT2D eigenvalue weighted by Gasteiger charge is 2.28. The summed E-state index contributed by atoms with van der Waals surface area (Å²) in [5.41, 5.74) is -0.455. The highest BCUT2D eigenvalue weighted by atomic mass is 32.2. The topological polar surface area (TPSA) is 119 Å². The number of carbonyl (C=O) groups is 1. The number of piperidine rings is 1. The standard InChI is InChI=1S/C20H23N3O6S/c24-20(15-29-17-6-2-1-3-7-17)22-12-10-16(11-13-22)14-21-30(27,28)19-9-5-4-8-18(19)23(25)26/h1-9,16,21H,10-15H2. The van der Waals surface area contributed by atoms with Crippen molar-refractivity contribution in [2.45, 2.75) is 17.7 Å². The zero-order chi connectivity index (χ0) is 21.6. The summed E-state index contributed by atoms with van der Waals surface area (Å²) in [6.07, 6.45) is 1.27. The Hall–Kier alpha value is -2.98. The minimum atomic E-state index is -4.00. The summed E-state index contributed by atoms with van der Waals surface area (Å²) in [7, 11) is -4.00. The SMILES string of the molecule is O=C(COc1ccccc1)N1CCC(CNS(=O)(=O)c2ccccc2[N+](=O)[O-])CC1. The van der Waals surface area contributed by atoms with E-state index in [2.05, 4.69) is 4.72 Å². The molecule has 1 aliphatic rings. The van der Waals surface area contributed by atoms with Gasteiger partial charge in [-0.25, -0.2) is 13.1 Å². The Bertz CT molecular complexity index is 989. The van der Waals surface area contributed by atoms with Crippen molar-refractivity contribution in [2.75, 3.05) is 26.2 Å². The fourth-order valence-electron chi connectivity index (χ4n) is 3.28. The molecule has 0 atom stereocenters. The molecule has 1 heterocycles. The number of nitrogens with zero attached hydrogens (tertiary/aromatic N) is 2. The van der Waals surface area contributed by atoms with E-state index in [1.807, 2.05) is 18.2 Å². The smallest absolute Gasteiger partial charge is 0.289 e. The third-order valence-corrected chi connectivity index (χ3v) is 6.46. The van der Waals surface area contributed by atoms with Crippen molar-refractivity contribution in [3.8, 4) is 5.75 Å². The second kappa shape index (κ2) is 9.68. The van der Waals surface area contributed by atoms with E-state index in [-0.39, 0.29) is 29.9 Å². The molecule has 9 nitrogen and oxygen atoms in total. The molecule has 0 bridgehead atoms. The fourth-order valence-corrected chi connectivity index (χ4v) is 4.57. The van der Waals surface area contributed by atoms with Gasteiger partial charge in [0.2, 0.25) is 10.0 Å². The van der Waals surface area contributed by atoms with Crippen LogP contribution < -0.4 is 9.46 Å². The lowest BCUT2D eigenvalue weighted by molar-refractivity contribution is -0.387. The molecule has 1 amide bonds. The van der Waals surface area contributed by atoms with Crippen molar-refractivity contribution in [1.82, 2.24) is 9.62 Å². The van der Waals surface area contributed by atoms with E-state index in [0.29, 0.717) is 31.7 Å². The van der Waals surface area contributed by atoms with Crippen LogP contribution in [0.5, 0.6) is 5.75 Å². The largest absolute Gasteiger partial charge is 0.484 e. The summed E-state index contributed by atoms with van der Waals surface area (Å²) in [6, 6.07) is 14.3. The summed E-state index contributed by atoms with van der Waals surface area (Å²) in [5.74, 6) is 0.560. The quantitative estimate of drug-likeness (QED) is 0.503. The van der Waals surface area contributed by atoms with Crippen LogP contribution in [0.3, 0.4) is 0 Å². The first-order chi connectivity index (χ1) is 14.4. The van der Waals surface area contributed by atoms with Crippen LogP contribution in [0.2, 0.25) is 0 Å². The predicted octanol–water partition coefficient (Wildman–Crippen LogP) is 2.19. The number of para-hydroxylation sites is 2. The van der Waals surface area contributed by atoms with Gasteiger partial charge in [-0.05, 0) is 37.0 Å². The second-order valence-corrected chi connectivity index (χ2v) is 8.74. The molecule has 2 aromatic rings.